The minimum Gasteiger partial charge on any atom is -0.504 e. The second-order valence-electron chi connectivity index (χ2n) is 5.86. The van der Waals surface area contributed by atoms with E-state index < -0.39 is 0 Å². The highest BCUT2D eigenvalue weighted by atomic mass is 19.1. The van der Waals surface area contributed by atoms with Gasteiger partial charge in [-0.1, -0.05) is 32.4 Å². The second-order valence-corrected chi connectivity index (χ2v) is 5.86. The highest BCUT2D eigenvalue weighted by Gasteiger charge is 2.07. The molecule has 142 valence electrons. The van der Waals surface area contributed by atoms with Crippen LogP contribution >= 0.6 is 0 Å². The van der Waals surface area contributed by atoms with Gasteiger partial charge in [0.25, 0.3) is 0 Å². The molecule has 6 heteroatoms. The van der Waals surface area contributed by atoms with E-state index in [0.717, 1.165) is 11.1 Å². The smallest absolute Gasteiger partial charge is 0.161 e. The summed E-state index contributed by atoms with van der Waals surface area (Å²) in [7, 11) is 1.49. The summed E-state index contributed by atoms with van der Waals surface area (Å²) in [6, 6.07) is 11.3. The fourth-order valence-electron chi connectivity index (χ4n) is 2.22. The molecule has 1 heterocycles. The van der Waals surface area contributed by atoms with E-state index in [2.05, 4.69) is 29.1 Å². The molecular formula is C21H24FN3O2. The van der Waals surface area contributed by atoms with Crippen molar-refractivity contribution in [2.75, 3.05) is 12.4 Å². The second kappa shape index (κ2) is 10.1. The summed E-state index contributed by atoms with van der Waals surface area (Å²) < 4.78 is 18.0. The van der Waals surface area contributed by atoms with Crippen LogP contribution in [0, 0.1) is 5.82 Å². The molecule has 0 spiro atoms. The van der Waals surface area contributed by atoms with Crippen molar-refractivity contribution >= 4 is 5.82 Å². The van der Waals surface area contributed by atoms with Crippen molar-refractivity contribution in [1.29, 1.82) is 0 Å². The molecule has 1 aromatic heterocycles. The number of phenolic OH excluding ortho intramolecular Hbond substituents is 1. The summed E-state index contributed by atoms with van der Waals surface area (Å²) in [5.74, 6) is 0.782. The number of benzene rings is 2. The standard InChI is InChI=1S/C18H16FN3O2.C3H8/c1-24-17-8-13(4-7-16(17)23)15-10-20-11-18(22-15)21-9-12-2-5-14(19)6-3-12;1-3-2/h2-8,10-11,23H,9H2,1H3,(H,21,22);3H2,1-2H3. The number of hydrogen-bond acceptors (Lipinski definition) is 5. The molecule has 0 saturated carbocycles. The molecule has 5 nitrogen and oxygen atoms in total. The molecule has 0 fully saturated rings. The molecule has 0 bridgehead atoms. The summed E-state index contributed by atoms with van der Waals surface area (Å²) in [5.41, 5.74) is 2.37. The van der Waals surface area contributed by atoms with Gasteiger partial charge in [0.2, 0.25) is 0 Å². The molecule has 0 amide bonds. The van der Waals surface area contributed by atoms with Crippen LogP contribution in [-0.2, 0) is 6.54 Å². The Morgan fingerprint density at radius 2 is 1.78 bits per heavy atom. The first-order valence-electron chi connectivity index (χ1n) is 8.75. The van der Waals surface area contributed by atoms with Crippen LogP contribution in [0.1, 0.15) is 25.8 Å². The molecule has 3 rings (SSSR count). The van der Waals surface area contributed by atoms with Crippen LogP contribution in [0.5, 0.6) is 11.5 Å². The lowest BCUT2D eigenvalue weighted by molar-refractivity contribution is 0.373. The van der Waals surface area contributed by atoms with Crippen molar-refractivity contribution in [3.8, 4) is 22.8 Å². The third-order valence-corrected chi connectivity index (χ3v) is 3.50. The van der Waals surface area contributed by atoms with E-state index in [4.69, 9.17) is 4.74 Å². The topological polar surface area (TPSA) is 67.3 Å². The third kappa shape index (κ3) is 5.95. The Morgan fingerprint density at radius 1 is 1.07 bits per heavy atom. The van der Waals surface area contributed by atoms with E-state index in [0.29, 0.717) is 23.8 Å². The number of anilines is 1. The van der Waals surface area contributed by atoms with E-state index in [9.17, 15) is 9.50 Å². The summed E-state index contributed by atoms with van der Waals surface area (Å²) in [5, 5.41) is 12.8. The molecule has 2 N–H and O–H groups in total. The lowest BCUT2D eigenvalue weighted by Gasteiger charge is -2.09. The van der Waals surface area contributed by atoms with Crippen molar-refractivity contribution in [2.24, 2.45) is 0 Å². The maximum atomic E-state index is 12.9. The Hall–Kier alpha value is -3.15. The number of nitrogens with zero attached hydrogens (tertiary/aromatic N) is 2. The summed E-state index contributed by atoms with van der Waals surface area (Å²) >= 11 is 0. The van der Waals surface area contributed by atoms with Gasteiger partial charge in [-0.25, -0.2) is 9.37 Å². The molecule has 0 aliphatic rings. The predicted molar refractivity (Wildman–Crippen MR) is 105 cm³/mol. The van der Waals surface area contributed by atoms with Gasteiger partial charge in [0, 0.05) is 12.1 Å². The predicted octanol–water partition coefficient (Wildman–Crippen LogP) is 5.03. The maximum Gasteiger partial charge on any atom is 0.161 e. The van der Waals surface area contributed by atoms with Crippen LogP contribution < -0.4 is 10.1 Å². The maximum absolute atomic E-state index is 12.9. The largest absolute Gasteiger partial charge is 0.504 e. The highest BCUT2D eigenvalue weighted by Crippen LogP contribution is 2.30. The van der Waals surface area contributed by atoms with E-state index in [1.165, 1.54) is 25.7 Å². The van der Waals surface area contributed by atoms with Crippen LogP contribution in [0.15, 0.2) is 54.9 Å². The number of methoxy groups -OCH3 is 1. The van der Waals surface area contributed by atoms with Gasteiger partial charge in [-0.15, -0.1) is 0 Å². The molecule has 27 heavy (non-hydrogen) atoms. The van der Waals surface area contributed by atoms with Crippen molar-refractivity contribution < 1.29 is 14.2 Å². The van der Waals surface area contributed by atoms with Gasteiger partial charge in [0.15, 0.2) is 11.5 Å². The first-order valence-corrected chi connectivity index (χ1v) is 8.75. The quantitative estimate of drug-likeness (QED) is 0.660. The number of aromatic hydroxyl groups is 1. The van der Waals surface area contributed by atoms with Crippen molar-refractivity contribution in [3.63, 3.8) is 0 Å². The zero-order chi connectivity index (χ0) is 19.6. The Bertz CT molecular complexity index is 854. The molecule has 0 aliphatic carbocycles. The van der Waals surface area contributed by atoms with E-state index >= 15 is 0 Å². The minimum absolute atomic E-state index is 0.0693. The van der Waals surface area contributed by atoms with Crippen LogP contribution in [0.3, 0.4) is 0 Å². The molecule has 3 aromatic rings. The minimum atomic E-state index is -0.262. The molecule has 0 saturated heterocycles. The van der Waals surface area contributed by atoms with Crippen molar-refractivity contribution in [1.82, 2.24) is 9.97 Å². The van der Waals surface area contributed by atoms with Crippen molar-refractivity contribution in [3.05, 3.63) is 66.2 Å². The van der Waals surface area contributed by atoms with Gasteiger partial charge in [-0.3, -0.25) is 4.98 Å². The Balaban J connectivity index is 0.000000817. The summed E-state index contributed by atoms with van der Waals surface area (Å²) in [6.45, 7) is 4.76. The third-order valence-electron chi connectivity index (χ3n) is 3.50. The average molecular weight is 369 g/mol. The zero-order valence-corrected chi connectivity index (χ0v) is 15.7. The molecule has 2 aromatic carbocycles. The van der Waals surface area contributed by atoms with Crippen LogP contribution in [-0.4, -0.2) is 22.2 Å². The van der Waals surface area contributed by atoms with Gasteiger partial charge >= 0.3 is 0 Å². The van der Waals surface area contributed by atoms with Gasteiger partial charge in [0.1, 0.15) is 11.6 Å². The van der Waals surface area contributed by atoms with E-state index in [-0.39, 0.29) is 11.6 Å². The van der Waals surface area contributed by atoms with Gasteiger partial charge in [0.05, 0.1) is 25.2 Å². The number of hydrogen-bond donors (Lipinski definition) is 2. The lowest BCUT2D eigenvalue weighted by atomic mass is 10.1. The summed E-state index contributed by atoms with van der Waals surface area (Å²) in [4.78, 5) is 8.67. The Labute approximate surface area is 158 Å². The number of ether oxygens (including phenoxy) is 1. The molecular weight excluding hydrogens is 345 g/mol. The SMILES string of the molecule is CCC.COc1cc(-c2cncc(NCc3ccc(F)cc3)n2)ccc1O. The fraction of sp³-hybridized carbons (Fsp3) is 0.238. The fourth-order valence-corrected chi connectivity index (χ4v) is 2.22. The molecule has 0 unspecified atom stereocenters. The molecule has 0 aliphatic heterocycles. The zero-order valence-electron chi connectivity index (χ0n) is 15.7. The van der Waals surface area contributed by atoms with Crippen LogP contribution in [0.4, 0.5) is 10.2 Å². The lowest BCUT2D eigenvalue weighted by Crippen LogP contribution is -2.02. The van der Waals surface area contributed by atoms with Crippen LogP contribution in [0.2, 0.25) is 0 Å². The normalized spacial score (nSPS) is 9.93. The van der Waals surface area contributed by atoms with E-state index in [1.54, 1.807) is 42.7 Å². The first kappa shape index (κ1) is 20.2. The highest BCUT2D eigenvalue weighted by molar-refractivity contribution is 5.64. The number of nitrogens with one attached hydrogen (secondary N) is 1. The number of halogens is 1. The molecule has 0 atom stereocenters. The monoisotopic (exact) mass is 369 g/mol. The number of rotatable bonds is 5. The molecule has 0 radical (unpaired) electrons. The Kier molecular flexibility index (Phi) is 7.55. The van der Waals surface area contributed by atoms with Gasteiger partial charge in [-0.2, -0.15) is 0 Å². The summed E-state index contributed by atoms with van der Waals surface area (Å²) in [6.07, 6.45) is 4.50. The van der Waals surface area contributed by atoms with Gasteiger partial charge < -0.3 is 15.2 Å². The van der Waals surface area contributed by atoms with Crippen molar-refractivity contribution in [2.45, 2.75) is 26.8 Å². The Morgan fingerprint density at radius 3 is 2.44 bits per heavy atom. The number of aromatic nitrogens is 2. The first-order chi connectivity index (χ1) is 13.1. The average Bonchev–Trinajstić information content (AvgIpc) is 2.69. The van der Waals surface area contributed by atoms with Crippen LogP contribution in [0.25, 0.3) is 11.3 Å². The number of phenols is 1. The van der Waals surface area contributed by atoms with Gasteiger partial charge in [-0.05, 0) is 35.9 Å². The van der Waals surface area contributed by atoms with E-state index in [1.807, 2.05) is 0 Å².